The number of epoxide rings is 1. The number of hydrogen-bond donors (Lipinski definition) is 0. The first-order valence-electron chi connectivity index (χ1n) is 5.62. The smallest absolute Gasteiger partial charge is 0.244 e. The standard InChI is InChI=1S/C12H11NO3S/c14-17(15,8-4-2-1-3-5-8)13-9-6-7-10-12(16-10)11(9)13/h1-7,9-12H/t9-,10+,11-,12+,13?/m0/s1. The number of fused-ring (bicyclic) bond motifs is 3. The van der Waals surface area contributed by atoms with Gasteiger partial charge in [0.25, 0.3) is 0 Å². The van der Waals surface area contributed by atoms with Crippen LogP contribution in [-0.2, 0) is 14.8 Å². The predicted octanol–water partition coefficient (Wildman–Crippen LogP) is 0.765. The summed E-state index contributed by atoms with van der Waals surface area (Å²) < 4.78 is 31.7. The molecule has 0 N–H and O–H groups in total. The molecule has 5 atom stereocenters. The Hall–Kier alpha value is -1.17. The summed E-state index contributed by atoms with van der Waals surface area (Å²) in [5.74, 6) is 0. The van der Waals surface area contributed by atoms with Crippen LogP contribution >= 0.6 is 0 Å². The highest BCUT2D eigenvalue weighted by molar-refractivity contribution is 7.89. The molecule has 88 valence electrons. The van der Waals surface area contributed by atoms with Crippen LogP contribution in [-0.4, -0.2) is 37.0 Å². The normalized spacial score (nSPS) is 41.5. The van der Waals surface area contributed by atoms with Crippen molar-refractivity contribution in [2.75, 3.05) is 0 Å². The maximum absolute atomic E-state index is 12.4. The second-order valence-corrected chi connectivity index (χ2v) is 6.42. The van der Waals surface area contributed by atoms with E-state index in [0.29, 0.717) is 4.90 Å². The highest BCUT2D eigenvalue weighted by Gasteiger charge is 2.66. The van der Waals surface area contributed by atoms with Crippen LogP contribution < -0.4 is 0 Å². The van der Waals surface area contributed by atoms with E-state index in [0.717, 1.165) is 0 Å². The zero-order chi connectivity index (χ0) is 11.6. The Morgan fingerprint density at radius 1 is 1.12 bits per heavy atom. The molecule has 0 radical (unpaired) electrons. The Balaban J connectivity index is 1.71. The minimum atomic E-state index is -3.35. The molecule has 1 aliphatic carbocycles. The van der Waals surface area contributed by atoms with Crippen LogP contribution in [0.4, 0.5) is 0 Å². The Bertz CT molecular complexity index is 595. The Kier molecular flexibility index (Phi) is 1.72. The van der Waals surface area contributed by atoms with E-state index < -0.39 is 10.0 Å². The van der Waals surface area contributed by atoms with Crippen molar-refractivity contribution >= 4 is 10.0 Å². The number of rotatable bonds is 2. The molecule has 4 nitrogen and oxygen atoms in total. The molecule has 2 heterocycles. The second kappa shape index (κ2) is 2.98. The van der Waals surface area contributed by atoms with Gasteiger partial charge >= 0.3 is 0 Å². The average molecular weight is 249 g/mol. The topological polar surface area (TPSA) is 49.7 Å². The Labute approximate surface area is 99.5 Å². The summed E-state index contributed by atoms with van der Waals surface area (Å²) in [6.07, 6.45) is 4.14. The molecular weight excluding hydrogens is 238 g/mol. The first kappa shape index (κ1) is 9.82. The van der Waals surface area contributed by atoms with Gasteiger partial charge in [0.2, 0.25) is 10.0 Å². The van der Waals surface area contributed by atoms with E-state index >= 15 is 0 Å². The summed E-state index contributed by atoms with van der Waals surface area (Å²) in [5.41, 5.74) is 0. The van der Waals surface area contributed by atoms with Crippen LogP contribution in [0.15, 0.2) is 47.4 Å². The molecule has 1 unspecified atom stereocenters. The van der Waals surface area contributed by atoms with E-state index in [1.54, 1.807) is 28.6 Å². The van der Waals surface area contributed by atoms with Gasteiger partial charge in [-0.15, -0.1) is 0 Å². The lowest BCUT2D eigenvalue weighted by atomic mass is 10.1. The van der Waals surface area contributed by atoms with E-state index in [9.17, 15) is 8.42 Å². The van der Waals surface area contributed by atoms with Crippen molar-refractivity contribution in [2.45, 2.75) is 29.2 Å². The quantitative estimate of drug-likeness (QED) is 0.574. The Morgan fingerprint density at radius 2 is 1.88 bits per heavy atom. The summed E-state index contributed by atoms with van der Waals surface area (Å²) in [6, 6.07) is 8.59. The molecule has 0 aromatic heterocycles. The minimum Gasteiger partial charge on any atom is -0.363 e. The van der Waals surface area contributed by atoms with E-state index in [2.05, 4.69) is 0 Å². The van der Waals surface area contributed by atoms with Crippen molar-refractivity contribution in [1.29, 1.82) is 0 Å². The fourth-order valence-electron chi connectivity index (χ4n) is 2.61. The van der Waals surface area contributed by atoms with Gasteiger partial charge in [-0.1, -0.05) is 30.4 Å². The zero-order valence-electron chi connectivity index (χ0n) is 8.93. The number of sulfonamides is 1. The van der Waals surface area contributed by atoms with Crippen LogP contribution in [0, 0.1) is 0 Å². The molecule has 3 aliphatic rings. The van der Waals surface area contributed by atoms with Gasteiger partial charge in [0.05, 0.1) is 17.0 Å². The summed E-state index contributed by atoms with van der Waals surface area (Å²) in [6.45, 7) is 0. The van der Waals surface area contributed by atoms with E-state index in [1.165, 1.54) is 0 Å². The largest absolute Gasteiger partial charge is 0.363 e. The highest BCUT2D eigenvalue weighted by atomic mass is 32.2. The molecule has 1 aromatic carbocycles. The minimum absolute atomic E-state index is 0.00366. The van der Waals surface area contributed by atoms with Gasteiger partial charge in [-0.05, 0) is 12.1 Å². The third-order valence-electron chi connectivity index (χ3n) is 3.56. The number of benzene rings is 1. The maximum atomic E-state index is 12.4. The summed E-state index contributed by atoms with van der Waals surface area (Å²) in [5, 5.41) is 0. The van der Waals surface area contributed by atoms with Crippen molar-refractivity contribution in [3.63, 3.8) is 0 Å². The second-order valence-electron chi connectivity index (χ2n) is 4.58. The first-order chi connectivity index (χ1) is 8.19. The molecule has 17 heavy (non-hydrogen) atoms. The molecular formula is C12H11NO3S. The molecule has 2 fully saturated rings. The van der Waals surface area contributed by atoms with Crippen molar-refractivity contribution < 1.29 is 13.2 Å². The van der Waals surface area contributed by atoms with Crippen LogP contribution in [0.2, 0.25) is 0 Å². The van der Waals surface area contributed by atoms with Crippen molar-refractivity contribution in [1.82, 2.24) is 4.31 Å². The van der Waals surface area contributed by atoms with Gasteiger partial charge < -0.3 is 4.74 Å². The Morgan fingerprint density at radius 3 is 2.65 bits per heavy atom. The molecule has 2 saturated heterocycles. The van der Waals surface area contributed by atoms with Gasteiger partial charge in [0.1, 0.15) is 12.2 Å². The van der Waals surface area contributed by atoms with Crippen molar-refractivity contribution in [3.8, 4) is 0 Å². The van der Waals surface area contributed by atoms with Crippen LogP contribution in [0.5, 0.6) is 0 Å². The maximum Gasteiger partial charge on any atom is 0.244 e. The van der Waals surface area contributed by atoms with Crippen molar-refractivity contribution in [2.24, 2.45) is 0 Å². The lowest BCUT2D eigenvalue weighted by Crippen LogP contribution is -2.17. The average Bonchev–Trinajstić information content (AvgIpc) is 3.20. The zero-order valence-corrected chi connectivity index (χ0v) is 9.75. The molecule has 2 aliphatic heterocycles. The summed E-state index contributed by atoms with van der Waals surface area (Å²) in [4.78, 5) is 0.361. The highest BCUT2D eigenvalue weighted by Crippen LogP contribution is 2.49. The van der Waals surface area contributed by atoms with Crippen LogP contribution in [0.3, 0.4) is 0 Å². The fourth-order valence-corrected chi connectivity index (χ4v) is 4.38. The molecule has 0 amide bonds. The van der Waals surface area contributed by atoms with E-state index in [1.807, 2.05) is 18.2 Å². The molecule has 5 heteroatoms. The molecule has 0 spiro atoms. The lowest BCUT2D eigenvalue weighted by Gasteiger charge is -2.05. The predicted molar refractivity (Wildman–Crippen MR) is 60.8 cm³/mol. The molecule has 4 rings (SSSR count). The summed E-state index contributed by atoms with van der Waals surface area (Å²) >= 11 is 0. The molecule has 0 saturated carbocycles. The van der Waals surface area contributed by atoms with Gasteiger partial charge in [-0.3, -0.25) is 0 Å². The van der Waals surface area contributed by atoms with Crippen LogP contribution in [0.1, 0.15) is 0 Å². The monoisotopic (exact) mass is 249 g/mol. The fraction of sp³-hybridized carbons (Fsp3) is 0.333. The SMILES string of the molecule is O=S(=O)(c1ccccc1)N1[C@@H]2[C@@H]3O[C@@H]3C=C[C@@H]21. The molecule has 0 bridgehead atoms. The van der Waals surface area contributed by atoms with Gasteiger partial charge in [-0.25, -0.2) is 8.42 Å². The lowest BCUT2D eigenvalue weighted by molar-refractivity contribution is 0.377. The van der Waals surface area contributed by atoms with Crippen LogP contribution in [0.25, 0.3) is 0 Å². The third-order valence-corrected chi connectivity index (χ3v) is 5.47. The third kappa shape index (κ3) is 1.27. The number of ether oxygens (including phenoxy) is 1. The molecule has 1 aromatic rings. The summed E-state index contributed by atoms with van der Waals surface area (Å²) in [7, 11) is -3.35. The van der Waals surface area contributed by atoms with E-state index in [-0.39, 0.29) is 24.3 Å². The van der Waals surface area contributed by atoms with Gasteiger partial charge in [-0.2, -0.15) is 4.31 Å². The van der Waals surface area contributed by atoms with E-state index in [4.69, 9.17) is 4.74 Å². The van der Waals surface area contributed by atoms with Gasteiger partial charge in [0.15, 0.2) is 0 Å². The number of nitrogens with zero attached hydrogens (tertiary/aromatic N) is 1. The number of hydrogen-bond acceptors (Lipinski definition) is 3. The van der Waals surface area contributed by atoms with Gasteiger partial charge in [0, 0.05) is 0 Å². The first-order valence-corrected chi connectivity index (χ1v) is 7.06. The van der Waals surface area contributed by atoms with Crippen molar-refractivity contribution in [3.05, 3.63) is 42.5 Å².